The van der Waals surface area contributed by atoms with E-state index in [1.807, 2.05) is 73.6 Å². The van der Waals surface area contributed by atoms with E-state index in [0.29, 0.717) is 10.7 Å². The van der Waals surface area contributed by atoms with Crippen molar-refractivity contribution in [1.82, 2.24) is 0 Å². The van der Waals surface area contributed by atoms with Crippen LogP contribution in [0.2, 0.25) is 10.0 Å². The number of carbonyl (C=O) groups excluding carboxylic acids is 2. The second-order valence-electron chi connectivity index (χ2n) is 8.25. The Morgan fingerprint density at radius 3 is 2.15 bits per heavy atom. The Labute approximate surface area is 201 Å². The SMILES string of the molecule is CN(C)c1ccc(C2C3C(=O)N(c4ccc(Cl)c(Cl)c4)C(=O)C3ON2c2ccccc2)cc1. The standard InChI is InChI=1S/C25H21Cl2N3O3/c1-28(2)16-10-8-15(9-11-16)22-21-23(33-30(22)17-6-4-3-5-7-17)25(32)29(24(21)31)18-12-13-19(26)20(27)14-18/h3-14,21-23H,1-2H3. The van der Waals surface area contributed by atoms with Gasteiger partial charge >= 0.3 is 0 Å². The Morgan fingerprint density at radius 2 is 1.52 bits per heavy atom. The van der Waals surface area contributed by atoms with Gasteiger partial charge in [0.15, 0.2) is 6.10 Å². The first kappa shape index (κ1) is 21.8. The molecule has 3 aromatic carbocycles. The van der Waals surface area contributed by atoms with Crippen molar-refractivity contribution in [2.75, 3.05) is 29.0 Å². The van der Waals surface area contributed by atoms with E-state index in [0.717, 1.165) is 21.8 Å². The van der Waals surface area contributed by atoms with Gasteiger partial charge in [0.1, 0.15) is 5.92 Å². The van der Waals surface area contributed by atoms with Crippen molar-refractivity contribution >= 4 is 52.1 Å². The third-order valence-electron chi connectivity index (χ3n) is 6.04. The summed E-state index contributed by atoms with van der Waals surface area (Å²) in [5, 5.41) is 2.31. The van der Waals surface area contributed by atoms with Crippen LogP contribution < -0.4 is 14.9 Å². The molecule has 6 nitrogen and oxygen atoms in total. The van der Waals surface area contributed by atoms with E-state index in [2.05, 4.69) is 0 Å². The van der Waals surface area contributed by atoms with Crippen LogP contribution in [0.15, 0.2) is 72.8 Å². The lowest BCUT2D eigenvalue weighted by Gasteiger charge is -2.29. The maximum absolute atomic E-state index is 13.6. The number of halogens is 2. The molecule has 2 amide bonds. The molecule has 2 aliphatic rings. The van der Waals surface area contributed by atoms with Gasteiger partial charge in [-0.1, -0.05) is 53.5 Å². The smallest absolute Gasteiger partial charge is 0.266 e. The van der Waals surface area contributed by atoms with Crippen molar-refractivity contribution in [3.05, 3.63) is 88.4 Å². The molecule has 8 heteroatoms. The number of anilines is 3. The topological polar surface area (TPSA) is 53.1 Å². The minimum absolute atomic E-state index is 0.273. The van der Waals surface area contributed by atoms with Crippen LogP contribution in [0.4, 0.5) is 17.1 Å². The molecule has 33 heavy (non-hydrogen) atoms. The molecule has 2 aliphatic heterocycles. The fourth-order valence-corrected chi connectivity index (χ4v) is 4.69. The van der Waals surface area contributed by atoms with E-state index >= 15 is 0 Å². The van der Waals surface area contributed by atoms with Crippen molar-refractivity contribution < 1.29 is 14.4 Å². The van der Waals surface area contributed by atoms with E-state index in [9.17, 15) is 9.59 Å². The summed E-state index contributed by atoms with van der Waals surface area (Å²) in [5.74, 6) is -1.46. The molecule has 2 fully saturated rings. The van der Waals surface area contributed by atoms with E-state index in [1.54, 1.807) is 17.2 Å². The van der Waals surface area contributed by atoms with Crippen LogP contribution in [0.25, 0.3) is 0 Å². The molecule has 3 unspecified atom stereocenters. The number of rotatable bonds is 4. The average molecular weight is 482 g/mol. The van der Waals surface area contributed by atoms with Crippen LogP contribution in [0.5, 0.6) is 0 Å². The molecule has 0 bridgehead atoms. The van der Waals surface area contributed by atoms with Crippen LogP contribution in [0, 0.1) is 5.92 Å². The number of nitrogens with zero attached hydrogens (tertiary/aromatic N) is 3. The number of fused-ring (bicyclic) bond motifs is 1. The molecule has 5 rings (SSSR count). The number of hydroxylamine groups is 1. The maximum atomic E-state index is 13.6. The molecule has 0 spiro atoms. The van der Waals surface area contributed by atoms with Crippen LogP contribution >= 0.6 is 23.2 Å². The molecular formula is C25H21Cl2N3O3. The molecule has 3 aromatic rings. The molecule has 0 radical (unpaired) electrons. The highest BCUT2D eigenvalue weighted by Crippen LogP contribution is 2.48. The van der Waals surface area contributed by atoms with E-state index in [1.165, 1.54) is 6.07 Å². The van der Waals surface area contributed by atoms with Crippen LogP contribution in [0.3, 0.4) is 0 Å². The third-order valence-corrected chi connectivity index (χ3v) is 6.78. The molecule has 2 saturated heterocycles. The molecule has 168 valence electrons. The number of para-hydroxylation sites is 1. The average Bonchev–Trinajstić information content (AvgIpc) is 3.32. The predicted octanol–water partition coefficient (Wildman–Crippen LogP) is 5.11. The zero-order valence-corrected chi connectivity index (χ0v) is 19.5. The van der Waals surface area contributed by atoms with E-state index < -0.39 is 24.0 Å². The number of carbonyl (C=O) groups is 2. The Morgan fingerprint density at radius 1 is 0.818 bits per heavy atom. The lowest BCUT2D eigenvalue weighted by molar-refractivity contribution is -0.126. The Hall–Kier alpha value is -3.06. The van der Waals surface area contributed by atoms with Gasteiger partial charge in [-0.2, -0.15) is 0 Å². The summed E-state index contributed by atoms with van der Waals surface area (Å²) in [6.45, 7) is 0. The summed E-state index contributed by atoms with van der Waals surface area (Å²) in [5.41, 5.74) is 3.07. The highest BCUT2D eigenvalue weighted by Gasteiger charge is 2.60. The maximum Gasteiger partial charge on any atom is 0.266 e. The number of hydrogen-bond donors (Lipinski definition) is 0. The van der Waals surface area contributed by atoms with Crippen molar-refractivity contribution in [1.29, 1.82) is 0 Å². The molecule has 0 saturated carbocycles. The van der Waals surface area contributed by atoms with Crippen molar-refractivity contribution in [2.45, 2.75) is 12.1 Å². The van der Waals surface area contributed by atoms with Gasteiger partial charge in [0.2, 0.25) is 5.91 Å². The summed E-state index contributed by atoms with van der Waals surface area (Å²) in [4.78, 5) is 36.3. The van der Waals surface area contributed by atoms with Gasteiger partial charge in [0, 0.05) is 19.8 Å². The fraction of sp³-hybridized carbons (Fsp3) is 0.200. The highest BCUT2D eigenvalue weighted by atomic mass is 35.5. The zero-order valence-electron chi connectivity index (χ0n) is 18.0. The Balaban J connectivity index is 1.57. The van der Waals surface area contributed by atoms with Gasteiger partial charge < -0.3 is 4.90 Å². The summed E-state index contributed by atoms with van der Waals surface area (Å²) < 4.78 is 0. The van der Waals surface area contributed by atoms with Gasteiger partial charge in [0.05, 0.1) is 27.5 Å². The Kier molecular flexibility index (Phi) is 5.52. The first-order valence-electron chi connectivity index (χ1n) is 10.5. The number of hydrogen-bond acceptors (Lipinski definition) is 5. The summed E-state index contributed by atoms with van der Waals surface area (Å²) >= 11 is 12.2. The summed E-state index contributed by atoms with van der Waals surface area (Å²) in [6, 6.07) is 21.6. The first-order valence-corrected chi connectivity index (χ1v) is 11.2. The lowest BCUT2D eigenvalue weighted by atomic mass is 9.90. The number of imide groups is 1. The second kappa shape index (κ2) is 8.37. The quantitative estimate of drug-likeness (QED) is 0.484. The lowest BCUT2D eigenvalue weighted by Crippen LogP contribution is -2.37. The second-order valence-corrected chi connectivity index (χ2v) is 9.07. The van der Waals surface area contributed by atoms with Crippen LogP contribution in [-0.2, 0) is 14.4 Å². The van der Waals surface area contributed by atoms with Crippen LogP contribution in [0.1, 0.15) is 11.6 Å². The third kappa shape index (κ3) is 3.64. The predicted molar refractivity (Wildman–Crippen MR) is 130 cm³/mol. The van der Waals surface area contributed by atoms with E-state index in [-0.39, 0.29) is 10.9 Å². The molecule has 0 aromatic heterocycles. The molecule has 2 heterocycles. The minimum Gasteiger partial charge on any atom is -0.378 e. The van der Waals surface area contributed by atoms with Gasteiger partial charge in [-0.25, -0.2) is 9.96 Å². The van der Waals surface area contributed by atoms with Crippen molar-refractivity contribution in [2.24, 2.45) is 5.92 Å². The first-order chi connectivity index (χ1) is 15.9. The zero-order chi connectivity index (χ0) is 23.3. The number of amides is 2. The Bertz CT molecular complexity index is 1220. The summed E-state index contributed by atoms with van der Waals surface area (Å²) in [6.07, 6.45) is -0.939. The van der Waals surface area contributed by atoms with Gasteiger partial charge in [-0.15, -0.1) is 0 Å². The van der Waals surface area contributed by atoms with Crippen molar-refractivity contribution in [3.63, 3.8) is 0 Å². The summed E-state index contributed by atoms with van der Waals surface area (Å²) in [7, 11) is 3.93. The molecule has 3 atom stereocenters. The molecular weight excluding hydrogens is 461 g/mol. The monoisotopic (exact) mass is 481 g/mol. The molecule has 0 aliphatic carbocycles. The fourth-order valence-electron chi connectivity index (χ4n) is 4.40. The van der Waals surface area contributed by atoms with Gasteiger partial charge in [0.25, 0.3) is 5.91 Å². The largest absolute Gasteiger partial charge is 0.378 e. The highest BCUT2D eigenvalue weighted by molar-refractivity contribution is 6.42. The minimum atomic E-state index is -0.939. The normalized spacial score (nSPS) is 22.1. The van der Waals surface area contributed by atoms with Gasteiger partial charge in [-0.05, 0) is 48.0 Å². The molecule has 0 N–H and O–H groups in total. The van der Waals surface area contributed by atoms with Gasteiger partial charge in [-0.3, -0.25) is 14.4 Å². The van der Waals surface area contributed by atoms with E-state index in [4.69, 9.17) is 28.0 Å². The van der Waals surface area contributed by atoms with Crippen molar-refractivity contribution in [3.8, 4) is 0 Å². The van der Waals surface area contributed by atoms with Crippen LogP contribution in [-0.4, -0.2) is 32.0 Å². The number of benzene rings is 3.